The largest absolute Gasteiger partial charge is 0.478 e. The molecule has 0 aliphatic rings. The van der Waals surface area contributed by atoms with E-state index < -0.39 is 16.0 Å². The Labute approximate surface area is 91.5 Å². The van der Waals surface area contributed by atoms with Gasteiger partial charge in [0.05, 0.1) is 10.6 Å². The molecular formula is C8H8ClNO4S. The lowest BCUT2D eigenvalue weighted by Crippen LogP contribution is -2.16. The van der Waals surface area contributed by atoms with E-state index >= 15 is 0 Å². The van der Waals surface area contributed by atoms with E-state index in [0.717, 1.165) is 0 Å². The predicted molar refractivity (Wildman–Crippen MR) is 54.5 cm³/mol. The Morgan fingerprint density at radius 2 is 2.00 bits per heavy atom. The highest BCUT2D eigenvalue weighted by molar-refractivity contribution is 7.89. The number of sulfonamides is 1. The third-order valence-corrected chi connectivity index (χ3v) is 3.39. The highest BCUT2D eigenvalue weighted by atomic mass is 35.5. The second-order valence-corrected chi connectivity index (χ2v) is 4.80. The van der Waals surface area contributed by atoms with Gasteiger partial charge in [0, 0.05) is 0 Å². The van der Waals surface area contributed by atoms with Gasteiger partial charge in [-0.3, -0.25) is 0 Å². The molecule has 0 atom stereocenters. The molecule has 82 valence electrons. The van der Waals surface area contributed by atoms with E-state index in [0.29, 0.717) is 0 Å². The summed E-state index contributed by atoms with van der Waals surface area (Å²) in [5, 5.41) is 13.6. The summed E-state index contributed by atoms with van der Waals surface area (Å²) in [5.74, 6) is -1.23. The van der Waals surface area contributed by atoms with E-state index in [2.05, 4.69) is 0 Å². The molecule has 1 rings (SSSR count). The fraction of sp³-hybridized carbons (Fsp3) is 0.125. The Morgan fingerprint density at radius 3 is 2.40 bits per heavy atom. The molecule has 0 amide bonds. The van der Waals surface area contributed by atoms with E-state index in [1.165, 1.54) is 19.1 Å². The van der Waals surface area contributed by atoms with Crippen LogP contribution in [0.15, 0.2) is 17.0 Å². The number of nitrogens with two attached hydrogens (primary N) is 1. The number of hydrogen-bond acceptors (Lipinski definition) is 3. The second-order valence-electron chi connectivity index (χ2n) is 2.90. The summed E-state index contributed by atoms with van der Waals surface area (Å²) < 4.78 is 22.3. The van der Waals surface area contributed by atoms with E-state index in [9.17, 15) is 13.2 Å². The molecule has 0 aromatic heterocycles. The standard InChI is InChI=1S/C8H8ClNO4S/c1-4-5(8(11)12)2-3-6(9)7(4)15(10,13)14/h2-3H,1H3,(H,11,12)(H2,10,13,14). The van der Waals surface area contributed by atoms with Gasteiger partial charge in [0.15, 0.2) is 0 Å². The highest BCUT2D eigenvalue weighted by Gasteiger charge is 2.20. The van der Waals surface area contributed by atoms with Crippen LogP contribution in [0.25, 0.3) is 0 Å². The van der Waals surface area contributed by atoms with Crippen LogP contribution in [0.2, 0.25) is 5.02 Å². The third-order valence-electron chi connectivity index (χ3n) is 1.87. The fourth-order valence-electron chi connectivity index (χ4n) is 1.24. The van der Waals surface area contributed by atoms with Crippen molar-refractivity contribution in [3.05, 3.63) is 28.3 Å². The molecule has 0 radical (unpaired) electrons. The maximum Gasteiger partial charge on any atom is 0.335 e. The van der Waals surface area contributed by atoms with Gasteiger partial charge in [-0.25, -0.2) is 18.4 Å². The summed E-state index contributed by atoms with van der Waals surface area (Å²) in [7, 11) is -4.02. The number of carboxylic acids is 1. The molecule has 0 aliphatic carbocycles. The van der Waals surface area contributed by atoms with Crippen LogP contribution in [0.5, 0.6) is 0 Å². The molecule has 1 aromatic rings. The van der Waals surface area contributed by atoms with Gasteiger partial charge in [-0.2, -0.15) is 0 Å². The Balaban J connectivity index is 3.66. The Hall–Kier alpha value is -1.11. The molecular weight excluding hydrogens is 242 g/mol. The summed E-state index contributed by atoms with van der Waals surface area (Å²) in [6.45, 7) is 1.34. The van der Waals surface area contributed by atoms with Gasteiger partial charge in [-0.1, -0.05) is 11.6 Å². The van der Waals surface area contributed by atoms with Crippen molar-refractivity contribution in [1.82, 2.24) is 0 Å². The SMILES string of the molecule is Cc1c(C(=O)O)ccc(Cl)c1S(N)(=O)=O. The maximum absolute atomic E-state index is 11.1. The Kier molecular flexibility index (Phi) is 3.03. The van der Waals surface area contributed by atoms with Crippen LogP contribution in [0.4, 0.5) is 0 Å². The molecule has 5 nitrogen and oxygen atoms in total. The molecule has 0 spiro atoms. The lowest BCUT2D eigenvalue weighted by molar-refractivity contribution is 0.0696. The number of rotatable bonds is 2. The number of primary sulfonamides is 1. The summed E-state index contributed by atoms with van der Waals surface area (Å²) in [6.07, 6.45) is 0. The van der Waals surface area contributed by atoms with E-state index in [-0.39, 0.29) is 21.0 Å². The monoisotopic (exact) mass is 249 g/mol. The summed E-state index contributed by atoms with van der Waals surface area (Å²) in [5.41, 5.74) is -0.0964. The zero-order valence-corrected chi connectivity index (χ0v) is 9.26. The van der Waals surface area contributed by atoms with Crippen LogP contribution in [-0.2, 0) is 10.0 Å². The van der Waals surface area contributed by atoms with Gasteiger partial charge < -0.3 is 5.11 Å². The third kappa shape index (κ3) is 2.28. The highest BCUT2D eigenvalue weighted by Crippen LogP contribution is 2.26. The molecule has 0 saturated heterocycles. The average molecular weight is 250 g/mol. The Morgan fingerprint density at radius 1 is 1.47 bits per heavy atom. The first-order valence-corrected chi connectivity index (χ1v) is 5.72. The first-order valence-electron chi connectivity index (χ1n) is 3.80. The Bertz CT molecular complexity index is 524. The van der Waals surface area contributed by atoms with Crippen molar-refractivity contribution in [2.75, 3.05) is 0 Å². The van der Waals surface area contributed by atoms with E-state index in [1.807, 2.05) is 0 Å². The molecule has 15 heavy (non-hydrogen) atoms. The molecule has 0 heterocycles. The minimum absolute atomic E-state index is 0.0394. The number of aromatic carboxylic acids is 1. The van der Waals surface area contributed by atoms with Gasteiger partial charge >= 0.3 is 5.97 Å². The number of benzene rings is 1. The molecule has 0 saturated carbocycles. The van der Waals surface area contributed by atoms with Crippen molar-refractivity contribution in [3.63, 3.8) is 0 Å². The van der Waals surface area contributed by atoms with Gasteiger partial charge in [0.2, 0.25) is 10.0 Å². The molecule has 0 fully saturated rings. The van der Waals surface area contributed by atoms with Crippen LogP contribution in [-0.4, -0.2) is 19.5 Å². The van der Waals surface area contributed by atoms with Crippen LogP contribution >= 0.6 is 11.6 Å². The summed E-state index contributed by atoms with van der Waals surface area (Å²) in [4.78, 5) is 10.4. The topological polar surface area (TPSA) is 97.5 Å². The minimum Gasteiger partial charge on any atom is -0.478 e. The van der Waals surface area contributed by atoms with Crippen molar-refractivity contribution in [2.45, 2.75) is 11.8 Å². The van der Waals surface area contributed by atoms with Crippen molar-refractivity contribution >= 4 is 27.6 Å². The predicted octanol–water partition coefficient (Wildman–Crippen LogP) is 0.994. The van der Waals surface area contributed by atoms with E-state index in [1.54, 1.807) is 0 Å². The molecule has 7 heteroatoms. The fourth-order valence-corrected chi connectivity index (χ4v) is 2.64. The van der Waals surface area contributed by atoms with E-state index in [4.69, 9.17) is 21.8 Å². The zero-order chi connectivity index (χ0) is 11.8. The lowest BCUT2D eigenvalue weighted by atomic mass is 10.1. The molecule has 0 unspecified atom stereocenters. The zero-order valence-electron chi connectivity index (χ0n) is 7.69. The van der Waals surface area contributed by atoms with Crippen LogP contribution in [0.3, 0.4) is 0 Å². The van der Waals surface area contributed by atoms with Crippen molar-refractivity contribution in [3.8, 4) is 0 Å². The smallest absolute Gasteiger partial charge is 0.335 e. The van der Waals surface area contributed by atoms with Crippen LogP contribution in [0.1, 0.15) is 15.9 Å². The normalized spacial score (nSPS) is 11.4. The van der Waals surface area contributed by atoms with Gasteiger partial charge in [0.1, 0.15) is 4.90 Å². The first kappa shape index (κ1) is 12.0. The average Bonchev–Trinajstić information content (AvgIpc) is 2.00. The summed E-state index contributed by atoms with van der Waals surface area (Å²) in [6, 6.07) is 2.42. The van der Waals surface area contributed by atoms with Crippen LogP contribution in [0, 0.1) is 6.92 Å². The van der Waals surface area contributed by atoms with Gasteiger partial charge in [0.25, 0.3) is 0 Å². The van der Waals surface area contributed by atoms with Gasteiger partial charge in [-0.15, -0.1) is 0 Å². The second kappa shape index (κ2) is 3.80. The maximum atomic E-state index is 11.1. The number of halogens is 1. The molecule has 0 bridgehead atoms. The number of carbonyl (C=O) groups is 1. The van der Waals surface area contributed by atoms with Crippen molar-refractivity contribution in [1.29, 1.82) is 0 Å². The quantitative estimate of drug-likeness (QED) is 0.817. The lowest BCUT2D eigenvalue weighted by Gasteiger charge is -2.08. The van der Waals surface area contributed by atoms with Crippen LogP contribution < -0.4 is 5.14 Å². The summed E-state index contributed by atoms with van der Waals surface area (Å²) >= 11 is 5.64. The molecule has 0 aliphatic heterocycles. The van der Waals surface area contributed by atoms with Crippen molar-refractivity contribution in [2.24, 2.45) is 5.14 Å². The number of carboxylic acid groups (broad SMARTS) is 1. The first-order chi connectivity index (χ1) is 6.75. The molecule has 3 N–H and O–H groups in total. The number of hydrogen-bond donors (Lipinski definition) is 2. The minimum atomic E-state index is -4.02. The van der Waals surface area contributed by atoms with Crippen molar-refractivity contribution < 1.29 is 18.3 Å². The molecule has 1 aromatic carbocycles. The van der Waals surface area contributed by atoms with Gasteiger partial charge in [-0.05, 0) is 24.6 Å².